The van der Waals surface area contributed by atoms with E-state index in [1.165, 1.54) is 0 Å². The summed E-state index contributed by atoms with van der Waals surface area (Å²) in [6.07, 6.45) is 1.41. The highest BCUT2D eigenvalue weighted by Crippen LogP contribution is 2.40. The Kier molecular flexibility index (Phi) is 5.73. The Bertz CT molecular complexity index is 951. The smallest absolute Gasteiger partial charge is 0.342 e. The third-order valence-electron chi connectivity index (χ3n) is 5.35. The van der Waals surface area contributed by atoms with Gasteiger partial charge in [-0.3, -0.25) is 4.90 Å². The fourth-order valence-corrected chi connectivity index (χ4v) is 4.05. The first-order valence-electron chi connectivity index (χ1n) is 10.3. The number of nitrogens with one attached hydrogen (secondary N) is 1. The molecule has 2 heterocycles. The maximum atomic E-state index is 13.2. The number of fused-ring (bicyclic) bond motifs is 3. The summed E-state index contributed by atoms with van der Waals surface area (Å²) in [5, 5.41) is 1.06. The van der Waals surface area contributed by atoms with E-state index < -0.39 is 5.97 Å². The topological polar surface area (TPSA) is 65.6 Å². The number of para-hydroxylation sites is 1. The van der Waals surface area contributed by atoms with E-state index in [2.05, 4.69) is 24.9 Å². The Morgan fingerprint density at radius 3 is 2.48 bits per heavy atom. The molecule has 0 fully saturated rings. The zero-order valence-electron chi connectivity index (χ0n) is 18.2. The molecule has 0 radical (unpaired) electrons. The van der Waals surface area contributed by atoms with E-state index in [-0.39, 0.29) is 17.6 Å². The van der Waals surface area contributed by atoms with Gasteiger partial charge in [-0.25, -0.2) is 9.59 Å². The predicted molar refractivity (Wildman–Crippen MR) is 116 cm³/mol. The van der Waals surface area contributed by atoms with Crippen molar-refractivity contribution >= 4 is 28.5 Å². The van der Waals surface area contributed by atoms with Gasteiger partial charge in [0.05, 0.1) is 17.4 Å². The van der Waals surface area contributed by atoms with Crippen LogP contribution in [0.2, 0.25) is 0 Å². The first kappa shape index (κ1) is 21.0. The number of amides is 2. The zero-order chi connectivity index (χ0) is 21.3. The molecule has 0 aliphatic carbocycles. The van der Waals surface area contributed by atoms with Crippen molar-refractivity contribution in [3.8, 4) is 0 Å². The average molecular weight is 398 g/mol. The quantitative estimate of drug-likeness (QED) is 0.772. The molecule has 2 aromatic rings. The zero-order valence-corrected chi connectivity index (χ0v) is 18.2. The Balaban J connectivity index is 2.21. The summed E-state index contributed by atoms with van der Waals surface area (Å²) in [7, 11) is 0. The van der Waals surface area contributed by atoms with Crippen molar-refractivity contribution in [1.29, 1.82) is 0 Å². The normalized spacial score (nSPS) is 15.7. The molecule has 6 nitrogen and oxygen atoms in total. The number of ether oxygens (including phenoxy) is 1. The first-order chi connectivity index (χ1) is 13.7. The molecule has 1 aromatic carbocycles. The molecule has 3 rings (SSSR count). The fraction of sp³-hybridized carbons (Fsp3) is 0.478. The molecule has 0 saturated carbocycles. The number of benzene rings is 1. The second-order valence-electron chi connectivity index (χ2n) is 8.38. The van der Waals surface area contributed by atoms with E-state index in [0.717, 1.165) is 22.2 Å². The van der Waals surface area contributed by atoms with E-state index >= 15 is 0 Å². The second-order valence-corrected chi connectivity index (χ2v) is 8.38. The lowest BCUT2D eigenvalue weighted by Gasteiger charge is -2.32. The third kappa shape index (κ3) is 3.88. The van der Waals surface area contributed by atoms with Gasteiger partial charge in [-0.05, 0) is 39.3 Å². The van der Waals surface area contributed by atoms with Gasteiger partial charge in [-0.1, -0.05) is 32.0 Å². The number of carbonyl (C=O) groups is 2. The molecule has 1 N–H and O–H groups in total. The summed E-state index contributed by atoms with van der Waals surface area (Å²) in [5.41, 5.74) is 2.76. The van der Waals surface area contributed by atoms with E-state index in [4.69, 9.17) is 4.74 Å². The maximum absolute atomic E-state index is 13.2. The van der Waals surface area contributed by atoms with E-state index in [1.54, 1.807) is 16.0 Å². The molecule has 0 unspecified atom stereocenters. The number of hydrogen-bond donors (Lipinski definition) is 1. The highest BCUT2D eigenvalue weighted by Gasteiger charge is 2.38. The molecule has 0 spiro atoms. The summed E-state index contributed by atoms with van der Waals surface area (Å²) in [6, 6.07) is 7.92. The number of aromatic amines is 1. The van der Waals surface area contributed by atoms with Gasteiger partial charge in [0.1, 0.15) is 0 Å². The number of esters is 1. The van der Waals surface area contributed by atoms with Gasteiger partial charge in [0.2, 0.25) is 0 Å². The number of nitrogens with zero attached hydrogens (tertiary/aromatic N) is 2. The molecular formula is C23H31N3O3. The molecule has 0 atom stereocenters. The minimum Gasteiger partial charge on any atom is -0.459 e. The molecule has 1 aliphatic heterocycles. The molecule has 156 valence electrons. The SMILES string of the molecule is CCN(CC)C(=O)N1C=C(C(=O)OC(C)C)c2[nH]c3ccccc3c2C(C)(C)C1. The van der Waals surface area contributed by atoms with Gasteiger partial charge in [0.15, 0.2) is 0 Å². The number of H-pyrrole nitrogens is 1. The van der Waals surface area contributed by atoms with Crippen LogP contribution < -0.4 is 0 Å². The fourth-order valence-electron chi connectivity index (χ4n) is 4.05. The van der Waals surface area contributed by atoms with Crippen molar-refractivity contribution in [2.75, 3.05) is 19.6 Å². The van der Waals surface area contributed by atoms with Crippen molar-refractivity contribution in [3.05, 3.63) is 41.7 Å². The van der Waals surface area contributed by atoms with Crippen LogP contribution in [0.25, 0.3) is 16.5 Å². The van der Waals surface area contributed by atoms with Gasteiger partial charge in [0, 0.05) is 42.2 Å². The first-order valence-corrected chi connectivity index (χ1v) is 10.3. The summed E-state index contributed by atoms with van der Waals surface area (Å²) in [5.74, 6) is -0.428. The van der Waals surface area contributed by atoms with Crippen molar-refractivity contribution in [2.45, 2.75) is 53.1 Å². The van der Waals surface area contributed by atoms with Crippen LogP contribution in [0, 0.1) is 0 Å². The highest BCUT2D eigenvalue weighted by atomic mass is 16.5. The maximum Gasteiger partial charge on any atom is 0.342 e. The van der Waals surface area contributed by atoms with Gasteiger partial charge >= 0.3 is 12.0 Å². The Morgan fingerprint density at radius 2 is 1.86 bits per heavy atom. The Labute approximate surface area is 172 Å². The lowest BCUT2D eigenvalue weighted by molar-refractivity contribution is -0.140. The standard InChI is InChI=1S/C23H31N3O3/c1-7-25(8-2)22(28)26-13-17(21(27)29-15(3)4)20-19(23(5,6)14-26)16-11-9-10-12-18(16)24-20/h9-13,15,24H,7-8,14H2,1-6H3. The number of urea groups is 1. The monoisotopic (exact) mass is 397 g/mol. The van der Waals surface area contributed by atoms with Crippen LogP contribution in [0.1, 0.15) is 52.8 Å². The minimum absolute atomic E-state index is 0.104. The van der Waals surface area contributed by atoms with Crippen molar-refractivity contribution in [3.63, 3.8) is 0 Å². The summed E-state index contributed by atoms with van der Waals surface area (Å²) >= 11 is 0. The number of aromatic nitrogens is 1. The van der Waals surface area contributed by atoms with Crippen LogP contribution in [-0.4, -0.2) is 52.5 Å². The third-order valence-corrected chi connectivity index (χ3v) is 5.35. The van der Waals surface area contributed by atoms with Crippen LogP contribution in [0.3, 0.4) is 0 Å². The van der Waals surface area contributed by atoms with E-state index in [9.17, 15) is 9.59 Å². The average Bonchev–Trinajstić information content (AvgIpc) is 2.99. The lowest BCUT2D eigenvalue weighted by atomic mass is 9.82. The molecule has 1 aliphatic rings. The van der Waals surface area contributed by atoms with E-state index in [1.807, 2.05) is 45.9 Å². The van der Waals surface area contributed by atoms with Crippen LogP contribution in [-0.2, 0) is 14.9 Å². The van der Waals surface area contributed by atoms with Crippen molar-refractivity contribution in [1.82, 2.24) is 14.8 Å². The number of carbonyl (C=O) groups excluding carboxylic acids is 2. The van der Waals surface area contributed by atoms with Gasteiger partial charge in [0.25, 0.3) is 0 Å². The minimum atomic E-state index is -0.428. The molecule has 2 amide bonds. The van der Waals surface area contributed by atoms with Crippen molar-refractivity contribution in [2.24, 2.45) is 0 Å². The second kappa shape index (κ2) is 7.93. The largest absolute Gasteiger partial charge is 0.459 e. The summed E-state index contributed by atoms with van der Waals surface area (Å²) in [6.45, 7) is 13.5. The Morgan fingerprint density at radius 1 is 1.21 bits per heavy atom. The summed E-state index contributed by atoms with van der Waals surface area (Å²) < 4.78 is 5.53. The molecule has 0 saturated heterocycles. The molecule has 0 bridgehead atoms. The van der Waals surface area contributed by atoms with Crippen molar-refractivity contribution < 1.29 is 14.3 Å². The van der Waals surface area contributed by atoms with Gasteiger partial charge in [-0.15, -0.1) is 0 Å². The Hall–Kier alpha value is -2.76. The lowest BCUT2D eigenvalue weighted by Crippen LogP contribution is -2.44. The van der Waals surface area contributed by atoms with Crippen LogP contribution in [0.4, 0.5) is 4.79 Å². The summed E-state index contributed by atoms with van der Waals surface area (Å²) in [4.78, 5) is 33.0. The molecule has 1 aromatic heterocycles. The molecule has 6 heteroatoms. The van der Waals surface area contributed by atoms with Crippen LogP contribution in [0.15, 0.2) is 30.5 Å². The van der Waals surface area contributed by atoms with Gasteiger partial charge in [-0.2, -0.15) is 0 Å². The molecule has 29 heavy (non-hydrogen) atoms. The van der Waals surface area contributed by atoms with Gasteiger partial charge < -0.3 is 14.6 Å². The predicted octanol–water partition coefficient (Wildman–Crippen LogP) is 4.52. The highest BCUT2D eigenvalue weighted by molar-refractivity contribution is 6.18. The number of hydrogen-bond acceptors (Lipinski definition) is 3. The van der Waals surface area contributed by atoms with E-state index in [0.29, 0.717) is 25.2 Å². The molecular weight excluding hydrogens is 366 g/mol. The van der Waals surface area contributed by atoms with Crippen LogP contribution >= 0.6 is 0 Å². The van der Waals surface area contributed by atoms with Crippen LogP contribution in [0.5, 0.6) is 0 Å². The number of rotatable bonds is 4.